The smallest absolute Gasteiger partial charge is 0.268 e. The van der Waals surface area contributed by atoms with Crippen LogP contribution in [0.15, 0.2) is 66.1 Å². The van der Waals surface area contributed by atoms with Gasteiger partial charge < -0.3 is 14.9 Å². The van der Waals surface area contributed by atoms with Crippen LogP contribution in [0.5, 0.6) is 5.75 Å². The van der Waals surface area contributed by atoms with Gasteiger partial charge in [-0.1, -0.05) is 28.9 Å². The minimum absolute atomic E-state index is 0.233. The third-order valence-electron chi connectivity index (χ3n) is 4.55. The molecule has 1 N–H and O–H groups in total. The van der Waals surface area contributed by atoms with Gasteiger partial charge in [0, 0.05) is 18.3 Å². The standard InChI is InChI=1S/C21H19ClN4O3/c1-28-18-8-4-15(5-9-18)19-10-20(29-25-19)21(27)24-17-6-2-14(3-7-17)12-26-13-16(22)11-23-26/h2-9,11,13,20H,10,12H2,1H3,(H,24,27). The van der Waals surface area contributed by atoms with Crippen molar-refractivity contribution in [1.29, 1.82) is 0 Å². The van der Waals surface area contributed by atoms with Crippen molar-refractivity contribution in [2.24, 2.45) is 5.16 Å². The molecule has 1 unspecified atom stereocenters. The van der Waals surface area contributed by atoms with Crippen LogP contribution in [-0.4, -0.2) is 34.6 Å². The maximum atomic E-state index is 12.5. The summed E-state index contributed by atoms with van der Waals surface area (Å²) in [5.41, 5.74) is 3.38. The van der Waals surface area contributed by atoms with Crippen LogP contribution in [0, 0.1) is 0 Å². The predicted octanol–water partition coefficient (Wildman–Crippen LogP) is 3.73. The largest absolute Gasteiger partial charge is 0.497 e. The Labute approximate surface area is 172 Å². The van der Waals surface area contributed by atoms with E-state index in [9.17, 15) is 4.79 Å². The zero-order valence-corrected chi connectivity index (χ0v) is 16.5. The second kappa shape index (κ2) is 8.36. The third-order valence-corrected chi connectivity index (χ3v) is 4.75. The van der Waals surface area contributed by atoms with E-state index in [1.165, 1.54) is 0 Å². The summed E-state index contributed by atoms with van der Waals surface area (Å²) in [6, 6.07) is 15.0. The zero-order valence-electron chi connectivity index (χ0n) is 15.7. The fourth-order valence-electron chi connectivity index (χ4n) is 3.00. The Morgan fingerprint density at radius 1 is 1.24 bits per heavy atom. The summed E-state index contributed by atoms with van der Waals surface area (Å²) in [6.07, 6.45) is 3.11. The first-order valence-electron chi connectivity index (χ1n) is 9.05. The highest BCUT2D eigenvalue weighted by molar-refractivity contribution is 6.30. The number of nitrogens with one attached hydrogen (secondary N) is 1. The number of ether oxygens (including phenoxy) is 1. The minimum Gasteiger partial charge on any atom is -0.497 e. The average molecular weight is 411 g/mol. The number of aromatic nitrogens is 2. The van der Waals surface area contributed by atoms with Gasteiger partial charge in [-0.2, -0.15) is 5.10 Å². The van der Waals surface area contributed by atoms with Gasteiger partial charge in [0.05, 0.1) is 30.6 Å². The Balaban J connectivity index is 1.32. The number of oxime groups is 1. The molecule has 3 aromatic rings. The molecule has 0 saturated heterocycles. The normalized spacial score (nSPS) is 15.5. The van der Waals surface area contributed by atoms with Gasteiger partial charge in [-0.3, -0.25) is 9.48 Å². The van der Waals surface area contributed by atoms with Crippen molar-refractivity contribution in [2.75, 3.05) is 12.4 Å². The van der Waals surface area contributed by atoms with Crippen LogP contribution in [0.4, 0.5) is 5.69 Å². The van der Waals surface area contributed by atoms with Gasteiger partial charge in [0.15, 0.2) is 0 Å². The fourth-order valence-corrected chi connectivity index (χ4v) is 3.16. The van der Waals surface area contributed by atoms with Crippen molar-refractivity contribution in [3.05, 3.63) is 77.1 Å². The zero-order chi connectivity index (χ0) is 20.2. The van der Waals surface area contributed by atoms with Crippen molar-refractivity contribution < 1.29 is 14.4 Å². The van der Waals surface area contributed by atoms with Crippen LogP contribution in [0.1, 0.15) is 17.5 Å². The lowest BCUT2D eigenvalue weighted by atomic mass is 10.0. The number of carbonyl (C=O) groups excluding carboxylic acids is 1. The van der Waals surface area contributed by atoms with Crippen molar-refractivity contribution >= 4 is 28.9 Å². The molecule has 29 heavy (non-hydrogen) atoms. The van der Waals surface area contributed by atoms with E-state index < -0.39 is 6.10 Å². The van der Waals surface area contributed by atoms with Gasteiger partial charge in [0.25, 0.3) is 5.91 Å². The molecule has 1 aliphatic rings. The second-order valence-electron chi connectivity index (χ2n) is 6.61. The van der Waals surface area contributed by atoms with Crippen molar-refractivity contribution in [3.8, 4) is 5.75 Å². The molecule has 4 rings (SSSR count). The van der Waals surface area contributed by atoms with Crippen LogP contribution < -0.4 is 10.1 Å². The van der Waals surface area contributed by atoms with Crippen molar-refractivity contribution in [1.82, 2.24) is 9.78 Å². The number of halogens is 1. The maximum Gasteiger partial charge on any atom is 0.268 e. The Hall–Kier alpha value is -3.32. The summed E-state index contributed by atoms with van der Waals surface area (Å²) in [4.78, 5) is 17.8. The number of hydrogen-bond acceptors (Lipinski definition) is 5. The number of methoxy groups -OCH3 is 1. The first-order valence-corrected chi connectivity index (χ1v) is 9.43. The number of amides is 1. The molecule has 8 heteroatoms. The number of rotatable bonds is 6. The molecule has 0 saturated carbocycles. The van der Waals surface area contributed by atoms with E-state index in [0.29, 0.717) is 23.7 Å². The molecule has 0 spiro atoms. The van der Waals surface area contributed by atoms with Crippen LogP contribution in [0.25, 0.3) is 0 Å². The first kappa shape index (κ1) is 19.0. The fraction of sp³-hybridized carbons (Fsp3) is 0.190. The van der Waals surface area contributed by atoms with Gasteiger partial charge in [-0.25, -0.2) is 0 Å². The van der Waals surface area contributed by atoms with Crippen LogP contribution in [0.2, 0.25) is 5.02 Å². The van der Waals surface area contributed by atoms with E-state index in [1.54, 1.807) is 24.2 Å². The van der Waals surface area contributed by atoms with Gasteiger partial charge in [-0.05, 0) is 47.5 Å². The second-order valence-corrected chi connectivity index (χ2v) is 7.04. The summed E-state index contributed by atoms with van der Waals surface area (Å²) < 4.78 is 6.90. The highest BCUT2D eigenvalue weighted by Gasteiger charge is 2.29. The lowest BCUT2D eigenvalue weighted by Crippen LogP contribution is -2.28. The molecule has 0 radical (unpaired) electrons. The van der Waals surface area contributed by atoms with Crippen LogP contribution in [0.3, 0.4) is 0 Å². The minimum atomic E-state index is -0.655. The Morgan fingerprint density at radius 2 is 2.00 bits per heavy atom. The predicted molar refractivity (Wildman–Crippen MR) is 110 cm³/mol. The Morgan fingerprint density at radius 3 is 2.66 bits per heavy atom. The highest BCUT2D eigenvalue weighted by Crippen LogP contribution is 2.21. The van der Waals surface area contributed by atoms with E-state index >= 15 is 0 Å². The van der Waals surface area contributed by atoms with E-state index in [2.05, 4.69) is 15.6 Å². The number of anilines is 1. The molecule has 1 aliphatic heterocycles. The molecule has 0 bridgehead atoms. The summed E-state index contributed by atoms with van der Waals surface area (Å²) in [6.45, 7) is 0.603. The topological polar surface area (TPSA) is 77.7 Å². The van der Waals surface area contributed by atoms with Gasteiger partial charge in [0.1, 0.15) is 5.75 Å². The van der Waals surface area contributed by atoms with Crippen LogP contribution >= 0.6 is 11.6 Å². The van der Waals surface area contributed by atoms with Gasteiger partial charge in [-0.15, -0.1) is 0 Å². The average Bonchev–Trinajstić information content (AvgIpc) is 3.39. The lowest BCUT2D eigenvalue weighted by Gasteiger charge is -2.10. The Kier molecular flexibility index (Phi) is 5.48. The quantitative estimate of drug-likeness (QED) is 0.671. The molecule has 7 nitrogen and oxygen atoms in total. The summed E-state index contributed by atoms with van der Waals surface area (Å²) in [7, 11) is 1.62. The Bertz CT molecular complexity index is 1030. The summed E-state index contributed by atoms with van der Waals surface area (Å²) in [5.74, 6) is 0.533. The number of carbonyl (C=O) groups is 1. The summed E-state index contributed by atoms with van der Waals surface area (Å²) in [5, 5.41) is 11.7. The number of nitrogens with zero attached hydrogens (tertiary/aromatic N) is 3. The molecule has 2 aromatic carbocycles. The molecular formula is C21H19ClN4O3. The third kappa shape index (κ3) is 4.57. The van der Waals surface area contributed by atoms with E-state index in [1.807, 2.05) is 48.5 Å². The molecular weight excluding hydrogens is 392 g/mol. The lowest BCUT2D eigenvalue weighted by molar-refractivity contribution is -0.125. The molecule has 148 valence electrons. The highest BCUT2D eigenvalue weighted by atomic mass is 35.5. The van der Waals surface area contributed by atoms with Crippen molar-refractivity contribution in [2.45, 2.75) is 19.1 Å². The SMILES string of the molecule is COc1ccc(C2=NOC(C(=O)Nc3ccc(Cn4cc(Cl)cn4)cc3)C2)cc1. The van der Waals surface area contributed by atoms with Crippen molar-refractivity contribution in [3.63, 3.8) is 0 Å². The first-order chi connectivity index (χ1) is 14.1. The van der Waals surface area contributed by atoms with Crippen LogP contribution in [-0.2, 0) is 16.2 Å². The molecule has 2 heterocycles. The summed E-state index contributed by atoms with van der Waals surface area (Å²) >= 11 is 5.88. The number of hydrogen-bond donors (Lipinski definition) is 1. The molecule has 0 fully saturated rings. The molecule has 0 aliphatic carbocycles. The van der Waals surface area contributed by atoms with Gasteiger partial charge >= 0.3 is 0 Å². The molecule has 1 atom stereocenters. The molecule has 1 amide bonds. The maximum absolute atomic E-state index is 12.5. The van der Waals surface area contributed by atoms with Gasteiger partial charge in [0.2, 0.25) is 6.10 Å². The number of benzene rings is 2. The monoisotopic (exact) mass is 410 g/mol. The van der Waals surface area contributed by atoms with E-state index in [0.717, 1.165) is 22.6 Å². The molecule has 1 aromatic heterocycles. The van der Waals surface area contributed by atoms with E-state index in [4.69, 9.17) is 21.2 Å². The van der Waals surface area contributed by atoms with E-state index in [-0.39, 0.29) is 5.91 Å².